The van der Waals surface area contributed by atoms with Crippen LogP contribution in [0.3, 0.4) is 0 Å². The second-order valence-corrected chi connectivity index (χ2v) is 8.61. The van der Waals surface area contributed by atoms with Crippen LogP contribution in [0.1, 0.15) is 63.1 Å². The van der Waals surface area contributed by atoms with Gasteiger partial charge < -0.3 is 9.47 Å². The third-order valence-corrected chi connectivity index (χ3v) is 6.69. The summed E-state index contributed by atoms with van der Waals surface area (Å²) >= 11 is 5.57. The zero-order valence-electron chi connectivity index (χ0n) is 15.9. The number of carbonyl (C=O) groups excluding carboxylic acids is 1. The molecule has 3 aliphatic rings. The van der Waals surface area contributed by atoms with E-state index in [2.05, 4.69) is 14.4 Å². The van der Waals surface area contributed by atoms with E-state index in [9.17, 15) is 4.79 Å². The summed E-state index contributed by atoms with van der Waals surface area (Å²) in [6, 6.07) is 0. The molecule has 1 amide bonds. The first kappa shape index (κ1) is 18.2. The minimum Gasteiger partial charge on any atom is -0.342 e. The number of amides is 1. The Kier molecular flexibility index (Phi) is 5.45. The van der Waals surface area contributed by atoms with Gasteiger partial charge in [0.2, 0.25) is 5.91 Å². The van der Waals surface area contributed by atoms with Crippen LogP contribution in [-0.4, -0.2) is 56.2 Å². The largest absolute Gasteiger partial charge is 0.342 e. The summed E-state index contributed by atoms with van der Waals surface area (Å²) in [6.45, 7) is 4.60. The van der Waals surface area contributed by atoms with Crippen molar-refractivity contribution in [2.45, 2.75) is 64.0 Å². The molecule has 7 heteroatoms. The number of rotatable bonds is 4. The molecule has 0 radical (unpaired) electrons. The van der Waals surface area contributed by atoms with Gasteiger partial charge in [-0.3, -0.25) is 9.69 Å². The fourth-order valence-electron chi connectivity index (χ4n) is 4.35. The summed E-state index contributed by atoms with van der Waals surface area (Å²) in [5.74, 6) is 2.36. The van der Waals surface area contributed by atoms with Gasteiger partial charge in [0, 0.05) is 45.1 Å². The average molecular weight is 378 g/mol. The Morgan fingerprint density at radius 1 is 1.04 bits per heavy atom. The molecule has 2 aliphatic heterocycles. The van der Waals surface area contributed by atoms with Crippen molar-refractivity contribution < 1.29 is 4.79 Å². The number of hydrogen-bond acceptors (Lipinski definition) is 4. The quantitative estimate of drug-likeness (QED) is 0.757. The number of likely N-dealkylation sites (tertiary alicyclic amines) is 2. The van der Waals surface area contributed by atoms with E-state index >= 15 is 0 Å². The van der Waals surface area contributed by atoms with Gasteiger partial charge in [-0.05, 0) is 50.7 Å². The Morgan fingerprint density at radius 3 is 2.31 bits per heavy atom. The fraction of sp³-hybridized carbons (Fsp3) is 0.842. The first-order chi connectivity index (χ1) is 12.6. The SMILES string of the molecule is Cn1c(C2CC2)nn(CN2CCC(C(=O)N3CCCCCC3)CC2)c1=S. The van der Waals surface area contributed by atoms with Crippen LogP contribution in [0.15, 0.2) is 0 Å². The van der Waals surface area contributed by atoms with Crippen molar-refractivity contribution in [2.24, 2.45) is 13.0 Å². The van der Waals surface area contributed by atoms with Crippen molar-refractivity contribution in [1.29, 1.82) is 0 Å². The molecule has 6 nitrogen and oxygen atoms in total. The predicted octanol–water partition coefficient (Wildman–Crippen LogP) is 2.90. The van der Waals surface area contributed by atoms with Crippen molar-refractivity contribution in [3.8, 4) is 0 Å². The molecule has 0 atom stereocenters. The molecule has 0 aromatic carbocycles. The Balaban J connectivity index is 1.31. The second kappa shape index (κ2) is 7.80. The van der Waals surface area contributed by atoms with Crippen molar-refractivity contribution in [3.63, 3.8) is 0 Å². The maximum absolute atomic E-state index is 12.8. The van der Waals surface area contributed by atoms with Crippen LogP contribution in [0, 0.1) is 10.7 Å². The summed E-state index contributed by atoms with van der Waals surface area (Å²) in [6.07, 6.45) is 9.30. The monoisotopic (exact) mass is 377 g/mol. The number of carbonyl (C=O) groups is 1. The van der Waals surface area contributed by atoms with Crippen LogP contribution < -0.4 is 0 Å². The molecule has 144 valence electrons. The highest BCUT2D eigenvalue weighted by molar-refractivity contribution is 7.71. The van der Waals surface area contributed by atoms with Gasteiger partial charge in [0.05, 0.1) is 6.67 Å². The Morgan fingerprint density at radius 2 is 1.69 bits per heavy atom. The molecule has 1 aromatic rings. The minimum atomic E-state index is 0.211. The van der Waals surface area contributed by atoms with E-state index < -0.39 is 0 Å². The van der Waals surface area contributed by atoms with Gasteiger partial charge in [-0.1, -0.05) is 12.8 Å². The van der Waals surface area contributed by atoms with Gasteiger partial charge in [0.1, 0.15) is 5.82 Å². The van der Waals surface area contributed by atoms with Crippen LogP contribution in [0.25, 0.3) is 0 Å². The summed E-state index contributed by atoms with van der Waals surface area (Å²) in [4.78, 5) is 17.3. The Labute approximate surface area is 161 Å². The topological polar surface area (TPSA) is 46.3 Å². The van der Waals surface area contributed by atoms with Crippen LogP contribution >= 0.6 is 12.2 Å². The molecule has 3 fully saturated rings. The normalized spacial score (nSPS) is 23.2. The number of piperidine rings is 1. The van der Waals surface area contributed by atoms with Crippen molar-refractivity contribution in [2.75, 3.05) is 26.2 Å². The smallest absolute Gasteiger partial charge is 0.225 e. The van der Waals surface area contributed by atoms with E-state index in [4.69, 9.17) is 17.3 Å². The van der Waals surface area contributed by atoms with E-state index in [1.54, 1.807) is 0 Å². The minimum absolute atomic E-state index is 0.211. The highest BCUT2D eigenvalue weighted by Crippen LogP contribution is 2.38. The summed E-state index contributed by atoms with van der Waals surface area (Å²) in [7, 11) is 2.03. The molecular weight excluding hydrogens is 346 g/mol. The van der Waals surface area contributed by atoms with E-state index in [1.807, 2.05) is 11.7 Å². The van der Waals surface area contributed by atoms with Crippen LogP contribution in [0.5, 0.6) is 0 Å². The van der Waals surface area contributed by atoms with Crippen molar-refractivity contribution in [3.05, 3.63) is 10.6 Å². The average Bonchev–Trinajstić information content (AvgIpc) is 3.48. The zero-order valence-corrected chi connectivity index (χ0v) is 16.7. The standard InChI is InChI=1S/C19H31N5OS/c1-21-17(15-6-7-15)20-24(19(21)26)14-22-12-8-16(9-13-22)18(25)23-10-4-2-3-5-11-23/h15-16H,2-14H2,1H3. The first-order valence-corrected chi connectivity index (χ1v) is 10.7. The zero-order chi connectivity index (χ0) is 18.1. The lowest BCUT2D eigenvalue weighted by Crippen LogP contribution is -2.43. The van der Waals surface area contributed by atoms with Gasteiger partial charge in [0.15, 0.2) is 4.77 Å². The fourth-order valence-corrected chi connectivity index (χ4v) is 4.55. The van der Waals surface area contributed by atoms with Crippen molar-refractivity contribution >= 4 is 18.1 Å². The van der Waals surface area contributed by atoms with Gasteiger partial charge >= 0.3 is 0 Å². The van der Waals surface area contributed by atoms with Gasteiger partial charge in [0.25, 0.3) is 0 Å². The van der Waals surface area contributed by atoms with Gasteiger partial charge in [-0.25, -0.2) is 4.68 Å². The molecule has 3 heterocycles. The van der Waals surface area contributed by atoms with Gasteiger partial charge in [-0.2, -0.15) is 5.10 Å². The van der Waals surface area contributed by atoms with Crippen LogP contribution in [0.4, 0.5) is 0 Å². The first-order valence-electron chi connectivity index (χ1n) is 10.3. The molecule has 1 saturated carbocycles. The summed E-state index contributed by atoms with van der Waals surface area (Å²) in [5.41, 5.74) is 0. The van der Waals surface area contributed by atoms with E-state index in [0.717, 1.165) is 56.3 Å². The number of hydrogen-bond donors (Lipinski definition) is 0. The third-order valence-electron chi connectivity index (χ3n) is 6.21. The molecule has 26 heavy (non-hydrogen) atoms. The molecule has 0 spiro atoms. The third kappa shape index (κ3) is 3.88. The maximum Gasteiger partial charge on any atom is 0.225 e. The molecular formula is C19H31N5OS. The molecule has 4 rings (SSSR count). The molecule has 2 saturated heterocycles. The highest BCUT2D eigenvalue weighted by Gasteiger charge is 2.31. The summed E-state index contributed by atoms with van der Waals surface area (Å²) in [5, 5.41) is 4.76. The number of aromatic nitrogens is 3. The lowest BCUT2D eigenvalue weighted by molar-refractivity contribution is -0.137. The van der Waals surface area contributed by atoms with Crippen LogP contribution in [-0.2, 0) is 18.5 Å². The molecule has 0 bridgehead atoms. The lowest BCUT2D eigenvalue weighted by Gasteiger charge is -2.33. The van der Waals surface area contributed by atoms with E-state index in [1.165, 1.54) is 38.5 Å². The number of nitrogens with zero attached hydrogens (tertiary/aromatic N) is 5. The lowest BCUT2D eigenvalue weighted by atomic mass is 9.95. The second-order valence-electron chi connectivity index (χ2n) is 8.25. The van der Waals surface area contributed by atoms with E-state index in [0.29, 0.717) is 11.8 Å². The Hall–Kier alpha value is -1.21. The Bertz CT molecular complexity index is 691. The van der Waals surface area contributed by atoms with E-state index in [-0.39, 0.29) is 5.92 Å². The van der Waals surface area contributed by atoms with Crippen LogP contribution in [0.2, 0.25) is 0 Å². The van der Waals surface area contributed by atoms with Crippen molar-refractivity contribution in [1.82, 2.24) is 24.1 Å². The molecule has 1 aromatic heterocycles. The molecule has 1 aliphatic carbocycles. The highest BCUT2D eigenvalue weighted by atomic mass is 32.1. The summed E-state index contributed by atoms with van der Waals surface area (Å²) < 4.78 is 4.86. The maximum atomic E-state index is 12.8. The predicted molar refractivity (Wildman–Crippen MR) is 103 cm³/mol. The van der Waals surface area contributed by atoms with Gasteiger partial charge in [-0.15, -0.1) is 0 Å². The molecule has 0 unspecified atom stereocenters. The molecule has 0 N–H and O–H groups in total.